The van der Waals surface area contributed by atoms with E-state index < -0.39 is 10.1 Å². The molecule has 0 radical (unpaired) electrons. The minimum atomic E-state index is -4.29. The SMILES string of the molecule is Cc1cc(C2=CC=CC2)c(S(=O)(=O)O)c(C2=CC=CC2)c1. The first-order valence-corrected chi connectivity index (χ1v) is 8.25. The van der Waals surface area contributed by atoms with Crippen molar-refractivity contribution < 1.29 is 13.0 Å². The zero-order chi connectivity index (χ0) is 15.0. The van der Waals surface area contributed by atoms with Crippen LogP contribution in [0.2, 0.25) is 0 Å². The normalized spacial score (nSPS) is 17.2. The molecule has 0 aromatic heterocycles. The zero-order valence-electron chi connectivity index (χ0n) is 11.7. The lowest BCUT2D eigenvalue weighted by molar-refractivity contribution is 0.482. The minimum Gasteiger partial charge on any atom is -0.282 e. The summed E-state index contributed by atoms with van der Waals surface area (Å²) in [6, 6.07) is 3.66. The molecule has 0 saturated carbocycles. The third-order valence-corrected chi connectivity index (χ3v) is 4.68. The van der Waals surface area contributed by atoms with E-state index >= 15 is 0 Å². The monoisotopic (exact) mass is 300 g/mol. The summed E-state index contributed by atoms with van der Waals surface area (Å²) in [4.78, 5) is 0.0259. The summed E-state index contributed by atoms with van der Waals surface area (Å²) in [7, 11) is -4.29. The summed E-state index contributed by atoms with van der Waals surface area (Å²) in [5, 5.41) is 0. The van der Waals surface area contributed by atoms with E-state index in [1.54, 1.807) is 0 Å². The third kappa shape index (κ3) is 2.64. The van der Waals surface area contributed by atoms with Crippen LogP contribution in [0.4, 0.5) is 0 Å². The lowest BCUT2D eigenvalue weighted by Crippen LogP contribution is -2.07. The van der Waals surface area contributed by atoms with Gasteiger partial charge in [-0.25, -0.2) is 0 Å². The van der Waals surface area contributed by atoms with E-state index in [0.717, 1.165) is 16.7 Å². The van der Waals surface area contributed by atoms with Gasteiger partial charge >= 0.3 is 0 Å². The first-order chi connectivity index (χ1) is 9.97. The zero-order valence-corrected chi connectivity index (χ0v) is 12.5. The highest BCUT2D eigenvalue weighted by Gasteiger charge is 2.25. The van der Waals surface area contributed by atoms with E-state index in [-0.39, 0.29) is 4.90 Å². The molecule has 1 N–H and O–H groups in total. The van der Waals surface area contributed by atoms with Crippen LogP contribution in [0.5, 0.6) is 0 Å². The second-order valence-corrected chi connectivity index (χ2v) is 6.67. The number of allylic oxidation sites excluding steroid dienone is 8. The van der Waals surface area contributed by atoms with Crippen molar-refractivity contribution in [2.75, 3.05) is 0 Å². The molecule has 0 amide bonds. The van der Waals surface area contributed by atoms with Gasteiger partial charge in [0, 0.05) is 0 Å². The summed E-state index contributed by atoms with van der Waals surface area (Å²) in [6.45, 7) is 1.94. The Labute approximate surface area is 124 Å². The molecule has 0 fully saturated rings. The smallest absolute Gasteiger partial charge is 0.282 e. The molecule has 0 heterocycles. The van der Waals surface area contributed by atoms with Crippen molar-refractivity contribution in [2.24, 2.45) is 0 Å². The summed E-state index contributed by atoms with van der Waals surface area (Å²) < 4.78 is 33.7. The Bertz CT molecular complexity index is 771. The molecule has 0 saturated heterocycles. The van der Waals surface area contributed by atoms with Gasteiger partial charge in [-0.3, -0.25) is 4.55 Å². The van der Waals surface area contributed by atoms with Crippen molar-refractivity contribution in [3.63, 3.8) is 0 Å². The fourth-order valence-electron chi connectivity index (χ4n) is 2.82. The molecule has 3 nitrogen and oxygen atoms in total. The Balaban J connectivity index is 2.29. The quantitative estimate of drug-likeness (QED) is 0.861. The molecule has 2 aliphatic carbocycles. The summed E-state index contributed by atoms with van der Waals surface area (Å²) in [5.41, 5.74) is 4.02. The van der Waals surface area contributed by atoms with Crippen LogP contribution in [0.3, 0.4) is 0 Å². The van der Waals surface area contributed by atoms with E-state index in [9.17, 15) is 13.0 Å². The van der Waals surface area contributed by atoms with Crippen molar-refractivity contribution in [2.45, 2.75) is 24.7 Å². The highest BCUT2D eigenvalue weighted by atomic mass is 32.2. The molecule has 1 aromatic rings. The minimum absolute atomic E-state index is 0.0259. The van der Waals surface area contributed by atoms with E-state index in [0.29, 0.717) is 24.0 Å². The molecule has 0 unspecified atom stereocenters. The van der Waals surface area contributed by atoms with Crippen LogP contribution in [-0.4, -0.2) is 13.0 Å². The molecule has 0 atom stereocenters. The lowest BCUT2D eigenvalue weighted by atomic mass is 9.95. The Morgan fingerprint density at radius 3 is 1.76 bits per heavy atom. The largest absolute Gasteiger partial charge is 0.295 e. The summed E-state index contributed by atoms with van der Waals surface area (Å²) in [5.74, 6) is 0. The number of hydrogen-bond acceptors (Lipinski definition) is 2. The van der Waals surface area contributed by atoms with Crippen molar-refractivity contribution in [3.8, 4) is 0 Å². The van der Waals surface area contributed by atoms with E-state index in [2.05, 4.69) is 0 Å². The molecule has 0 bridgehead atoms. The number of aryl methyl sites for hydroxylation is 1. The predicted molar refractivity (Wildman–Crippen MR) is 84.5 cm³/mol. The average molecular weight is 300 g/mol. The maximum Gasteiger partial charge on any atom is 0.295 e. The van der Waals surface area contributed by atoms with Crippen molar-refractivity contribution in [1.82, 2.24) is 0 Å². The summed E-state index contributed by atoms with van der Waals surface area (Å²) >= 11 is 0. The van der Waals surface area contributed by atoms with Crippen LogP contribution in [0, 0.1) is 6.92 Å². The van der Waals surface area contributed by atoms with Crippen LogP contribution < -0.4 is 0 Å². The predicted octanol–water partition coefficient (Wildman–Crippen LogP) is 3.93. The van der Waals surface area contributed by atoms with Crippen molar-refractivity contribution in [1.29, 1.82) is 0 Å². The molecule has 1 aromatic carbocycles. The Morgan fingerprint density at radius 1 is 0.952 bits per heavy atom. The molecule has 108 valence electrons. The third-order valence-electron chi connectivity index (χ3n) is 3.73. The van der Waals surface area contributed by atoms with Crippen LogP contribution in [-0.2, 0) is 10.1 Å². The van der Waals surface area contributed by atoms with Crippen LogP contribution in [0.1, 0.15) is 29.5 Å². The number of hydrogen-bond donors (Lipinski definition) is 1. The maximum atomic E-state index is 12.0. The van der Waals surface area contributed by atoms with E-state index in [1.807, 2.05) is 55.5 Å². The van der Waals surface area contributed by atoms with Crippen molar-refractivity contribution >= 4 is 21.3 Å². The van der Waals surface area contributed by atoms with Gasteiger partial charge in [-0.05, 0) is 47.6 Å². The molecular formula is C17H16O3S. The van der Waals surface area contributed by atoms with Gasteiger partial charge in [-0.2, -0.15) is 8.42 Å². The van der Waals surface area contributed by atoms with E-state index in [1.165, 1.54) is 0 Å². The van der Waals surface area contributed by atoms with E-state index in [4.69, 9.17) is 0 Å². The topological polar surface area (TPSA) is 54.4 Å². The Hall–Kier alpha value is -1.91. The van der Waals surface area contributed by atoms with Crippen LogP contribution >= 0.6 is 0 Å². The maximum absolute atomic E-state index is 12.0. The first kappa shape index (κ1) is 14.0. The highest BCUT2D eigenvalue weighted by molar-refractivity contribution is 7.86. The highest BCUT2D eigenvalue weighted by Crippen LogP contribution is 2.37. The van der Waals surface area contributed by atoms with Crippen LogP contribution in [0.15, 0.2) is 53.5 Å². The summed E-state index contributed by atoms with van der Waals surface area (Å²) in [6.07, 6.45) is 12.9. The fourth-order valence-corrected chi connectivity index (χ4v) is 3.76. The molecule has 4 heteroatoms. The average Bonchev–Trinajstić information content (AvgIpc) is 3.10. The van der Waals surface area contributed by atoms with Crippen LogP contribution in [0.25, 0.3) is 11.1 Å². The number of benzene rings is 1. The van der Waals surface area contributed by atoms with Gasteiger partial charge in [0.15, 0.2) is 0 Å². The Kier molecular flexibility index (Phi) is 3.43. The molecule has 0 aliphatic heterocycles. The lowest BCUT2D eigenvalue weighted by Gasteiger charge is -2.16. The molecular weight excluding hydrogens is 284 g/mol. The molecule has 3 rings (SSSR count). The van der Waals surface area contributed by atoms with Gasteiger partial charge in [0.05, 0.1) is 0 Å². The Morgan fingerprint density at radius 2 is 1.43 bits per heavy atom. The molecule has 0 spiro atoms. The second kappa shape index (κ2) is 5.13. The van der Waals surface area contributed by atoms with Gasteiger partial charge in [0.2, 0.25) is 0 Å². The molecule has 2 aliphatic rings. The fraction of sp³-hybridized carbons (Fsp3) is 0.176. The van der Waals surface area contributed by atoms with Gasteiger partial charge < -0.3 is 0 Å². The number of rotatable bonds is 3. The standard InChI is InChI=1S/C17H16O3S/c1-12-10-15(13-6-2-3-7-13)17(21(18,19)20)16(11-12)14-8-4-5-9-14/h2-6,8,10-11H,7,9H2,1H3,(H,18,19,20). The van der Waals surface area contributed by atoms with Gasteiger partial charge in [0.1, 0.15) is 4.90 Å². The first-order valence-electron chi connectivity index (χ1n) is 6.81. The van der Waals surface area contributed by atoms with Gasteiger partial charge in [0.25, 0.3) is 10.1 Å². The van der Waals surface area contributed by atoms with Crippen molar-refractivity contribution in [3.05, 3.63) is 65.3 Å². The van der Waals surface area contributed by atoms with Gasteiger partial charge in [-0.1, -0.05) is 48.6 Å². The second-order valence-electron chi connectivity index (χ2n) is 5.31. The molecule has 21 heavy (non-hydrogen) atoms. The van der Waals surface area contributed by atoms with Gasteiger partial charge in [-0.15, -0.1) is 0 Å².